The van der Waals surface area contributed by atoms with E-state index in [1.54, 1.807) is 0 Å². The Hall–Kier alpha value is -2.29. The number of carbonyl (C=O) groups excluding carboxylic acids is 1. The van der Waals surface area contributed by atoms with Crippen molar-refractivity contribution in [3.8, 4) is 11.4 Å². The molecule has 1 aromatic carbocycles. The van der Waals surface area contributed by atoms with E-state index in [0.29, 0.717) is 5.75 Å². The lowest BCUT2D eigenvalue weighted by Crippen LogP contribution is -2.07. The second kappa shape index (κ2) is 5.78. The van der Waals surface area contributed by atoms with Crippen LogP contribution in [0.4, 0.5) is 0 Å². The molecule has 3 heteroatoms. The molecule has 2 rings (SSSR count). The van der Waals surface area contributed by atoms with Gasteiger partial charge in [-0.15, -0.1) is 6.58 Å². The van der Waals surface area contributed by atoms with Crippen LogP contribution in [0.5, 0.6) is 5.75 Å². The van der Waals surface area contributed by atoms with E-state index < -0.39 is 0 Å². The molecule has 0 amide bonds. The number of ether oxygens (including phenoxy) is 1. The van der Waals surface area contributed by atoms with Crippen LogP contribution < -0.4 is 4.74 Å². The Balaban J connectivity index is 2.57. The first-order valence-corrected chi connectivity index (χ1v) is 6.61. The van der Waals surface area contributed by atoms with Crippen molar-refractivity contribution in [1.29, 1.82) is 0 Å². The van der Waals surface area contributed by atoms with E-state index in [-0.39, 0.29) is 11.9 Å². The van der Waals surface area contributed by atoms with Crippen molar-refractivity contribution in [2.24, 2.45) is 0 Å². The van der Waals surface area contributed by atoms with E-state index in [2.05, 4.69) is 12.6 Å². The van der Waals surface area contributed by atoms with E-state index in [1.807, 2.05) is 55.1 Å². The van der Waals surface area contributed by atoms with Gasteiger partial charge in [-0.3, -0.25) is 4.79 Å². The number of benzene rings is 1. The summed E-state index contributed by atoms with van der Waals surface area (Å²) in [5.74, 6) is 0.408. The fraction of sp³-hybridized carbons (Fsp3) is 0.235. The van der Waals surface area contributed by atoms with E-state index in [4.69, 9.17) is 4.74 Å². The average molecular weight is 269 g/mol. The predicted octanol–water partition coefficient (Wildman–Crippen LogP) is 4.00. The third-order valence-corrected chi connectivity index (χ3v) is 3.31. The van der Waals surface area contributed by atoms with Crippen LogP contribution in [0.2, 0.25) is 0 Å². The molecule has 0 aliphatic heterocycles. The molecule has 0 aliphatic carbocycles. The molecule has 0 radical (unpaired) electrons. The molecule has 0 N–H and O–H groups in total. The highest BCUT2D eigenvalue weighted by molar-refractivity contribution is 5.70. The zero-order valence-corrected chi connectivity index (χ0v) is 12.1. The lowest BCUT2D eigenvalue weighted by Gasteiger charge is -2.17. The van der Waals surface area contributed by atoms with Crippen LogP contribution in [-0.2, 0) is 4.79 Å². The minimum atomic E-state index is -0.315. The van der Waals surface area contributed by atoms with Gasteiger partial charge < -0.3 is 9.30 Å². The number of nitrogens with zero attached hydrogens (tertiary/aromatic N) is 1. The Morgan fingerprint density at radius 2 is 2.00 bits per heavy atom. The molecule has 0 spiro atoms. The van der Waals surface area contributed by atoms with Gasteiger partial charge in [-0.2, -0.15) is 0 Å². The van der Waals surface area contributed by atoms with Gasteiger partial charge in [0.15, 0.2) is 0 Å². The number of allylic oxidation sites excluding steroid dienone is 1. The highest BCUT2D eigenvalue weighted by atomic mass is 16.5. The maximum absolute atomic E-state index is 11.3. The summed E-state index contributed by atoms with van der Waals surface area (Å²) in [5, 5.41) is 0. The minimum absolute atomic E-state index is 0.127. The maximum Gasteiger partial charge on any atom is 0.308 e. The zero-order chi connectivity index (χ0) is 14.7. The van der Waals surface area contributed by atoms with Crippen molar-refractivity contribution in [2.75, 3.05) is 0 Å². The van der Waals surface area contributed by atoms with E-state index in [0.717, 1.165) is 16.8 Å². The highest BCUT2D eigenvalue weighted by Gasteiger charge is 2.14. The Kier molecular flexibility index (Phi) is 4.08. The predicted molar refractivity (Wildman–Crippen MR) is 80.4 cm³/mol. The summed E-state index contributed by atoms with van der Waals surface area (Å²) in [6.07, 6.45) is 5.78. The van der Waals surface area contributed by atoms with Crippen LogP contribution in [0.3, 0.4) is 0 Å². The molecule has 3 nitrogen and oxygen atoms in total. The molecule has 0 saturated carbocycles. The van der Waals surface area contributed by atoms with Gasteiger partial charge in [0.25, 0.3) is 0 Å². The molecule has 104 valence electrons. The molecular weight excluding hydrogens is 250 g/mol. The van der Waals surface area contributed by atoms with Gasteiger partial charge in [-0.05, 0) is 30.7 Å². The molecule has 0 aliphatic rings. The maximum atomic E-state index is 11.3. The molecule has 2 aromatic rings. The van der Waals surface area contributed by atoms with Crippen LogP contribution in [0.25, 0.3) is 5.69 Å². The van der Waals surface area contributed by atoms with E-state index in [9.17, 15) is 4.79 Å². The summed E-state index contributed by atoms with van der Waals surface area (Å²) in [6, 6.07) is 7.89. The highest BCUT2D eigenvalue weighted by Crippen LogP contribution is 2.32. The summed E-state index contributed by atoms with van der Waals surface area (Å²) in [7, 11) is 0. The van der Waals surface area contributed by atoms with E-state index >= 15 is 0 Å². The zero-order valence-electron chi connectivity index (χ0n) is 12.1. The van der Waals surface area contributed by atoms with Gasteiger partial charge in [-0.25, -0.2) is 0 Å². The summed E-state index contributed by atoms with van der Waals surface area (Å²) in [4.78, 5) is 11.3. The largest absolute Gasteiger partial charge is 0.426 e. The Bertz CT molecular complexity index is 627. The molecule has 1 unspecified atom stereocenters. The molecule has 0 saturated heterocycles. The smallest absolute Gasteiger partial charge is 0.308 e. The average Bonchev–Trinajstić information content (AvgIpc) is 2.92. The van der Waals surface area contributed by atoms with Crippen molar-refractivity contribution in [2.45, 2.75) is 26.7 Å². The van der Waals surface area contributed by atoms with Gasteiger partial charge in [0.1, 0.15) is 5.75 Å². The first-order valence-electron chi connectivity index (χ1n) is 6.61. The molecular formula is C17H19NO2. The third-order valence-electron chi connectivity index (χ3n) is 3.31. The summed E-state index contributed by atoms with van der Waals surface area (Å²) in [6.45, 7) is 9.31. The SMILES string of the molecule is C=CC(C)c1cc(C)c(-n2cccc2)cc1OC(C)=O. The monoisotopic (exact) mass is 269 g/mol. The van der Waals surface area contributed by atoms with Crippen LogP contribution in [0.15, 0.2) is 49.3 Å². The lowest BCUT2D eigenvalue weighted by molar-refractivity contribution is -0.131. The van der Waals surface area contributed by atoms with Crippen LogP contribution >= 0.6 is 0 Å². The van der Waals surface area contributed by atoms with Crippen LogP contribution in [0, 0.1) is 6.92 Å². The summed E-state index contributed by atoms with van der Waals surface area (Å²) < 4.78 is 7.37. The molecule has 0 fully saturated rings. The number of hydrogen-bond acceptors (Lipinski definition) is 2. The number of carbonyl (C=O) groups is 1. The van der Waals surface area contributed by atoms with Crippen molar-refractivity contribution in [3.05, 3.63) is 60.4 Å². The minimum Gasteiger partial charge on any atom is -0.426 e. The number of rotatable bonds is 4. The quantitative estimate of drug-likeness (QED) is 0.477. The fourth-order valence-electron chi connectivity index (χ4n) is 2.20. The van der Waals surface area contributed by atoms with E-state index in [1.165, 1.54) is 6.92 Å². The second-order valence-corrected chi connectivity index (χ2v) is 4.88. The Labute approximate surface area is 119 Å². The molecule has 20 heavy (non-hydrogen) atoms. The van der Waals surface area contributed by atoms with Crippen molar-refractivity contribution < 1.29 is 9.53 Å². The standard InChI is InChI=1S/C17H19NO2/c1-5-12(2)15-10-13(3)16(18-8-6-7-9-18)11-17(15)20-14(4)19/h5-12H,1H2,2-4H3. The van der Waals surface area contributed by atoms with Gasteiger partial charge >= 0.3 is 5.97 Å². The molecule has 1 heterocycles. The fourth-order valence-corrected chi connectivity index (χ4v) is 2.20. The lowest BCUT2D eigenvalue weighted by atomic mass is 9.97. The molecule has 1 atom stereocenters. The van der Waals surface area contributed by atoms with Gasteiger partial charge in [0.05, 0.1) is 5.69 Å². The van der Waals surface area contributed by atoms with Gasteiger partial charge in [0.2, 0.25) is 0 Å². The number of aromatic nitrogens is 1. The van der Waals surface area contributed by atoms with Crippen molar-refractivity contribution in [3.63, 3.8) is 0 Å². The van der Waals surface area contributed by atoms with Crippen LogP contribution in [-0.4, -0.2) is 10.5 Å². The summed E-state index contributed by atoms with van der Waals surface area (Å²) >= 11 is 0. The van der Waals surface area contributed by atoms with Crippen molar-refractivity contribution >= 4 is 5.97 Å². The second-order valence-electron chi connectivity index (χ2n) is 4.88. The topological polar surface area (TPSA) is 31.2 Å². The number of aryl methyl sites for hydroxylation is 1. The van der Waals surface area contributed by atoms with Crippen molar-refractivity contribution in [1.82, 2.24) is 4.57 Å². The molecule has 0 bridgehead atoms. The van der Waals surface area contributed by atoms with Gasteiger partial charge in [0, 0.05) is 36.9 Å². The first-order chi connectivity index (χ1) is 9.52. The number of hydrogen-bond donors (Lipinski definition) is 0. The first kappa shape index (κ1) is 14.1. The van der Waals surface area contributed by atoms with Gasteiger partial charge in [-0.1, -0.05) is 13.0 Å². The Morgan fingerprint density at radius 3 is 2.55 bits per heavy atom. The summed E-state index contributed by atoms with van der Waals surface area (Å²) in [5.41, 5.74) is 3.11. The normalized spacial score (nSPS) is 11.9. The third kappa shape index (κ3) is 2.82. The van der Waals surface area contributed by atoms with Crippen LogP contribution in [0.1, 0.15) is 30.9 Å². The molecule has 1 aromatic heterocycles. The number of esters is 1. The Morgan fingerprint density at radius 1 is 1.35 bits per heavy atom.